The molecule has 4 nitrogen and oxygen atoms in total. The molecule has 5 heteroatoms. The van der Waals surface area contributed by atoms with Crippen molar-refractivity contribution in [3.63, 3.8) is 0 Å². The lowest BCUT2D eigenvalue weighted by molar-refractivity contribution is -0.247. The van der Waals surface area contributed by atoms with E-state index in [9.17, 15) is 5.11 Å². The van der Waals surface area contributed by atoms with Gasteiger partial charge in [0.1, 0.15) is 0 Å². The van der Waals surface area contributed by atoms with Crippen LogP contribution in [0.3, 0.4) is 0 Å². The van der Waals surface area contributed by atoms with Crippen LogP contribution in [0.5, 0.6) is 0 Å². The van der Waals surface area contributed by atoms with Crippen molar-refractivity contribution in [2.75, 3.05) is 6.61 Å². The summed E-state index contributed by atoms with van der Waals surface area (Å²) >= 11 is 5.96. The van der Waals surface area contributed by atoms with E-state index in [0.29, 0.717) is 18.1 Å². The second kappa shape index (κ2) is 5.69. The molecule has 1 aromatic carbocycles. The molecule has 1 aromatic heterocycles. The van der Waals surface area contributed by atoms with Gasteiger partial charge in [-0.3, -0.25) is 0 Å². The van der Waals surface area contributed by atoms with Crippen LogP contribution < -0.4 is 0 Å². The van der Waals surface area contributed by atoms with Gasteiger partial charge in [0.2, 0.25) is 0 Å². The second-order valence-corrected chi connectivity index (χ2v) is 6.97. The number of aromatic nitrogens is 2. The summed E-state index contributed by atoms with van der Waals surface area (Å²) in [5.74, 6) is -1.23. The Labute approximate surface area is 135 Å². The Bertz CT molecular complexity index is 625. The van der Waals surface area contributed by atoms with E-state index in [2.05, 4.69) is 4.98 Å². The summed E-state index contributed by atoms with van der Waals surface area (Å²) in [6, 6.07) is 7.46. The van der Waals surface area contributed by atoms with Crippen LogP contribution >= 0.6 is 11.6 Å². The number of rotatable bonds is 4. The molecule has 2 unspecified atom stereocenters. The van der Waals surface area contributed by atoms with Crippen molar-refractivity contribution >= 4 is 11.6 Å². The number of hydrogen-bond acceptors (Lipinski definition) is 3. The maximum Gasteiger partial charge on any atom is 0.192 e. The third-order valence-electron chi connectivity index (χ3n) is 4.70. The fourth-order valence-corrected chi connectivity index (χ4v) is 3.25. The highest BCUT2D eigenvalue weighted by Gasteiger charge is 2.54. The fourth-order valence-electron chi connectivity index (χ4n) is 3.13. The molecular formula is C17H21ClN2O2. The minimum atomic E-state index is -1.23. The number of halogens is 1. The molecule has 0 saturated carbocycles. The van der Waals surface area contributed by atoms with Crippen LogP contribution in [0.25, 0.3) is 0 Å². The summed E-state index contributed by atoms with van der Waals surface area (Å²) in [4.78, 5) is 4.12. The molecule has 0 amide bonds. The lowest BCUT2D eigenvalue weighted by Gasteiger charge is -2.41. The normalized spacial score (nSPS) is 25.3. The summed E-state index contributed by atoms with van der Waals surface area (Å²) in [7, 11) is 0. The molecule has 3 rings (SSSR count). The molecule has 1 fully saturated rings. The van der Waals surface area contributed by atoms with Gasteiger partial charge in [0, 0.05) is 22.8 Å². The lowest BCUT2D eigenvalue weighted by atomic mass is 9.77. The van der Waals surface area contributed by atoms with Crippen LogP contribution in [0.1, 0.15) is 31.9 Å². The van der Waals surface area contributed by atoms with Crippen LogP contribution in [0.2, 0.25) is 5.02 Å². The zero-order chi connectivity index (χ0) is 15.8. The van der Waals surface area contributed by atoms with Gasteiger partial charge in [-0.2, -0.15) is 0 Å². The summed E-state index contributed by atoms with van der Waals surface area (Å²) in [6.07, 6.45) is 6.80. The molecule has 118 valence electrons. The minimum absolute atomic E-state index is 0.242. The highest BCUT2D eigenvalue weighted by atomic mass is 35.5. The fraction of sp³-hybridized carbons (Fsp3) is 0.471. The number of imidazole rings is 1. The molecule has 22 heavy (non-hydrogen) atoms. The number of aliphatic hydroxyl groups is 1. The highest BCUT2D eigenvalue weighted by molar-refractivity contribution is 6.30. The van der Waals surface area contributed by atoms with Crippen LogP contribution in [0.15, 0.2) is 43.0 Å². The Balaban J connectivity index is 1.96. The number of hydrogen-bond donors (Lipinski definition) is 1. The van der Waals surface area contributed by atoms with Gasteiger partial charge in [-0.15, -0.1) is 0 Å². The smallest absolute Gasteiger partial charge is 0.192 e. The number of benzene rings is 1. The summed E-state index contributed by atoms with van der Waals surface area (Å²) < 4.78 is 7.75. The summed E-state index contributed by atoms with van der Waals surface area (Å²) in [5, 5.41) is 12.0. The van der Waals surface area contributed by atoms with Gasteiger partial charge in [0.15, 0.2) is 5.79 Å². The zero-order valence-electron chi connectivity index (χ0n) is 12.9. The van der Waals surface area contributed by atoms with E-state index in [1.807, 2.05) is 48.9 Å². The SMILES string of the molecule is CC1(C)CCOC1(O)C(Cc1ccc(Cl)cc1)n1ccnc1. The van der Waals surface area contributed by atoms with Crippen LogP contribution in [0, 0.1) is 5.41 Å². The second-order valence-electron chi connectivity index (χ2n) is 6.54. The maximum atomic E-state index is 11.3. The van der Waals surface area contributed by atoms with Crippen molar-refractivity contribution in [2.45, 2.75) is 38.5 Å². The Morgan fingerprint density at radius 2 is 2.09 bits per heavy atom. The summed E-state index contributed by atoms with van der Waals surface area (Å²) in [5.41, 5.74) is 0.775. The Hall–Kier alpha value is -1.36. The van der Waals surface area contributed by atoms with E-state index in [0.717, 1.165) is 12.0 Å². The lowest BCUT2D eigenvalue weighted by Crippen LogP contribution is -2.49. The van der Waals surface area contributed by atoms with E-state index >= 15 is 0 Å². The first-order chi connectivity index (χ1) is 10.4. The van der Waals surface area contributed by atoms with Crippen molar-refractivity contribution in [1.82, 2.24) is 9.55 Å². The molecule has 2 atom stereocenters. The molecule has 2 heterocycles. The predicted octanol–water partition coefficient (Wildman–Crippen LogP) is 3.46. The van der Waals surface area contributed by atoms with Gasteiger partial charge in [0.05, 0.1) is 19.0 Å². The van der Waals surface area contributed by atoms with Gasteiger partial charge < -0.3 is 14.4 Å². The molecule has 0 aliphatic carbocycles. The van der Waals surface area contributed by atoms with Gasteiger partial charge in [-0.25, -0.2) is 4.98 Å². The van der Waals surface area contributed by atoms with Crippen LogP contribution in [-0.2, 0) is 11.2 Å². The van der Waals surface area contributed by atoms with E-state index in [-0.39, 0.29) is 11.5 Å². The Kier molecular flexibility index (Phi) is 4.02. The number of nitrogens with zero attached hydrogens (tertiary/aromatic N) is 2. The van der Waals surface area contributed by atoms with Gasteiger partial charge >= 0.3 is 0 Å². The molecule has 1 saturated heterocycles. The predicted molar refractivity (Wildman–Crippen MR) is 85.7 cm³/mol. The third-order valence-corrected chi connectivity index (χ3v) is 4.95. The van der Waals surface area contributed by atoms with Crippen LogP contribution in [-0.4, -0.2) is 27.1 Å². The van der Waals surface area contributed by atoms with E-state index in [1.165, 1.54) is 0 Å². The molecule has 0 bridgehead atoms. The first-order valence-electron chi connectivity index (χ1n) is 7.51. The Morgan fingerprint density at radius 1 is 1.36 bits per heavy atom. The monoisotopic (exact) mass is 320 g/mol. The van der Waals surface area contributed by atoms with Gasteiger partial charge in [-0.1, -0.05) is 37.6 Å². The topological polar surface area (TPSA) is 47.3 Å². The average molecular weight is 321 g/mol. The maximum absolute atomic E-state index is 11.3. The van der Waals surface area contributed by atoms with E-state index in [1.54, 1.807) is 12.5 Å². The molecule has 1 N–H and O–H groups in total. The van der Waals surface area contributed by atoms with Crippen molar-refractivity contribution in [3.05, 3.63) is 53.6 Å². The largest absolute Gasteiger partial charge is 0.363 e. The molecule has 2 aromatic rings. The van der Waals surface area contributed by atoms with Crippen molar-refractivity contribution < 1.29 is 9.84 Å². The first-order valence-corrected chi connectivity index (χ1v) is 7.88. The van der Waals surface area contributed by atoms with E-state index in [4.69, 9.17) is 16.3 Å². The van der Waals surface area contributed by atoms with Gasteiger partial charge in [-0.05, 0) is 30.5 Å². The van der Waals surface area contributed by atoms with Crippen molar-refractivity contribution in [3.8, 4) is 0 Å². The quantitative estimate of drug-likeness (QED) is 0.938. The third kappa shape index (κ3) is 2.67. The van der Waals surface area contributed by atoms with Gasteiger partial charge in [0.25, 0.3) is 0 Å². The molecule has 1 aliphatic rings. The van der Waals surface area contributed by atoms with Crippen LogP contribution in [0.4, 0.5) is 0 Å². The first kappa shape index (κ1) is 15.5. The van der Waals surface area contributed by atoms with Crippen molar-refractivity contribution in [2.24, 2.45) is 5.41 Å². The summed E-state index contributed by atoms with van der Waals surface area (Å²) in [6.45, 7) is 4.66. The Morgan fingerprint density at radius 3 is 2.64 bits per heavy atom. The average Bonchev–Trinajstić information content (AvgIpc) is 3.08. The molecular weight excluding hydrogens is 300 g/mol. The van der Waals surface area contributed by atoms with E-state index < -0.39 is 5.79 Å². The van der Waals surface area contributed by atoms with Crippen molar-refractivity contribution in [1.29, 1.82) is 0 Å². The molecule has 0 radical (unpaired) electrons. The number of ether oxygens (including phenoxy) is 1. The zero-order valence-corrected chi connectivity index (χ0v) is 13.6. The molecule has 1 aliphatic heterocycles. The minimum Gasteiger partial charge on any atom is -0.363 e. The standard InChI is InChI=1S/C17H21ClN2O2/c1-16(2)7-10-22-17(16,21)15(20-9-8-19-12-20)11-13-3-5-14(18)6-4-13/h3-6,8-9,12,15,21H,7,10-11H2,1-2H3. The highest BCUT2D eigenvalue weighted by Crippen LogP contribution is 2.48. The molecule has 0 spiro atoms.